The molecule has 2 fully saturated rings. The number of hydrogen-bond acceptors (Lipinski definition) is 5. The first-order valence-electron chi connectivity index (χ1n) is 11.2. The average Bonchev–Trinajstić information content (AvgIpc) is 3.07. The molecule has 1 aliphatic carbocycles. The van der Waals surface area contributed by atoms with Crippen molar-refractivity contribution in [2.45, 2.75) is 85.0 Å². The molecule has 4 atom stereocenters. The van der Waals surface area contributed by atoms with Gasteiger partial charge in [0.25, 0.3) is 0 Å². The number of amides is 1. The molecule has 0 bridgehead atoms. The van der Waals surface area contributed by atoms with Crippen LogP contribution in [0.5, 0.6) is 0 Å². The molecule has 2 aliphatic rings. The molecule has 1 heterocycles. The van der Waals surface area contributed by atoms with E-state index < -0.39 is 0 Å². The minimum Gasteiger partial charge on any atom is -0.445 e. The lowest BCUT2D eigenvalue weighted by Gasteiger charge is -2.23. The number of aliphatic hydroxyl groups is 3. The molecule has 1 aliphatic heterocycles. The van der Waals surface area contributed by atoms with Crippen LogP contribution >= 0.6 is 0 Å². The van der Waals surface area contributed by atoms with E-state index in [1.807, 2.05) is 37.3 Å². The summed E-state index contributed by atoms with van der Waals surface area (Å²) in [6.45, 7) is 5.64. The van der Waals surface area contributed by atoms with Gasteiger partial charge in [-0.25, -0.2) is 4.79 Å². The van der Waals surface area contributed by atoms with Crippen molar-refractivity contribution < 1.29 is 24.9 Å². The van der Waals surface area contributed by atoms with Crippen LogP contribution in [0.3, 0.4) is 0 Å². The molecule has 0 spiro atoms. The molecule has 31 heavy (non-hydrogen) atoms. The van der Waals surface area contributed by atoms with Crippen LogP contribution in [0.1, 0.15) is 71.8 Å². The predicted molar refractivity (Wildman–Crippen MR) is 126 cm³/mol. The minimum atomic E-state index is -0.313. The Labute approximate surface area is 189 Å². The molecule has 4 unspecified atom stereocenters. The highest BCUT2D eigenvalue weighted by Crippen LogP contribution is 2.22. The third-order valence-electron chi connectivity index (χ3n) is 5.87. The van der Waals surface area contributed by atoms with Gasteiger partial charge in [0.15, 0.2) is 0 Å². The summed E-state index contributed by atoms with van der Waals surface area (Å²) in [6, 6.07) is 9.65. The Morgan fingerprint density at radius 2 is 1.52 bits per heavy atom. The second-order valence-electron chi connectivity index (χ2n) is 8.36. The molecule has 1 amide bonds. The fraction of sp³-hybridized carbons (Fsp3) is 0.720. The molecule has 180 valence electrons. The van der Waals surface area contributed by atoms with Crippen LogP contribution in [0.25, 0.3) is 0 Å². The van der Waals surface area contributed by atoms with E-state index in [0.29, 0.717) is 25.6 Å². The lowest BCUT2D eigenvalue weighted by Crippen LogP contribution is -2.36. The molecule has 6 nitrogen and oxygen atoms in total. The molecule has 1 aromatic carbocycles. The molecule has 3 N–H and O–H groups in total. The number of nitrogens with zero attached hydrogens (tertiary/aromatic N) is 1. The fourth-order valence-corrected chi connectivity index (χ4v) is 3.79. The van der Waals surface area contributed by atoms with E-state index in [-0.39, 0.29) is 31.6 Å². The average molecular weight is 440 g/mol. The Hall–Kier alpha value is -1.63. The molecule has 6 heteroatoms. The smallest absolute Gasteiger partial charge is 0.410 e. The number of ether oxygens (including phenoxy) is 1. The second-order valence-corrected chi connectivity index (χ2v) is 8.36. The maximum atomic E-state index is 12.0. The van der Waals surface area contributed by atoms with Crippen LogP contribution in [-0.4, -0.2) is 58.7 Å². The highest BCUT2D eigenvalue weighted by atomic mass is 16.6. The van der Waals surface area contributed by atoms with Gasteiger partial charge in [-0.1, -0.05) is 70.9 Å². The van der Waals surface area contributed by atoms with E-state index in [2.05, 4.69) is 6.92 Å². The molecule has 1 aromatic rings. The summed E-state index contributed by atoms with van der Waals surface area (Å²) in [5, 5.41) is 26.1. The summed E-state index contributed by atoms with van der Waals surface area (Å²) >= 11 is 0. The second kappa shape index (κ2) is 17.0. The van der Waals surface area contributed by atoms with Gasteiger partial charge in [0.05, 0.1) is 12.2 Å². The quantitative estimate of drug-likeness (QED) is 0.586. The van der Waals surface area contributed by atoms with Crippen LogP contribution in [-0.2, 0) is 11.3 Å². The summed E-state index contributed by atoms with van der Waals surface area (Å²) in [5.41, 5.74) is 0.985. The standard InChI is InChI=1S/C15H21NO3.C8H16O.CH4O.CH4/c1-12-10-16(9-5-8-14(12)17)15(18)19-11-13-6-3-2-4-7-13;1-7-5-3-2-4-6-8(7)9;1-2;/h2-4,6-7,12,14,17H,5,8-11H2,1H3;7-9H,2-6H2,1H3;2H,1H3;1H4. The van der Waals surface area contributed by atoms with Crippen molar-refractivity contribution in [1.29, 1.82) is 0 Å². The maximum Gasteiger partial charge on any atom is 0.410 e. The Balaban J connectivity index is 0.000000633. The van der Waals surface area contributed by atoms with Gasteiger partial charge in [0, 0.05) is 20.2 Å². The number of carbonyl (C=O) groups excluding carboxylic acids is 1. The molecular formula is C25H45NO5. The van der Waals surface area contributed by atoms with E-state index in [1.54, 1.807) is 4.90 Å². The lowest BCUT2D eigenvalue weighted by atomic mass is 10.0. The zero-order chi connectivity index (χ0) is 22.4. The van der Waals surface area contributed by atoms with Crippen LogP contribution in [0.15, 0.2) is 30.3 Å². The number of benzene rings is 1. The summed E-state index contributed by atoms with van der Waals surface area (Å²) in [5.74, 6) is 0.652. The zero-order valence-corrected chi connectivity index (χ0v) is 18.9. The Morgan fingerprint density at radius 3 is 2.19 bits per heavy atom. The first kappa shape index (κ1) is 29.4. The summed E-state index contributed by atoms with van der Waals surface area (Å²) in [6.07, 6.45) is 7.09. The lowest BCUT2D eigenvalue weighted by molar-refractivity contribution is 0.0796. The minimum absolute atomic E-state index is 0. The topological polar surface area (TPSA) is 90.2 Å². The van der Waals surface area contributed by atoms with Crippen molar-refractivity contribution in [2.24, 2.45) is 11.8 Å². The summed E-state index contributed by atoms with van der Waals surface area (Å²) < 4.78 is 5.31. The third-order valence-corrected chi connectivity index (χ3v) is 5.87. The Kier molecular flexibility index (Phi) is 16.1. The van der Waals surface area contributed by atoms with Crippen molar-refractivity contribution in [3.63, 3.8) is 0 Å². The van der Waals surface area contributed by atoms with Crippen molar-refractivity contribution in [3.05, 3.63) is 35.9 Å². The molecule has 3 rings (SSSR count). The molecule has 0 radical (unpaired) electrons. The highest BCUT2D eigenvalue weighted by Gasteiger charge is 2.25. The Morgan fingerprint density at radius 1 is 0.935 bits per heavy atom. The van der Waals surface area contributed by atoms with Gasteiger partial charge in [0.2, 0.25) is 0 Å². The van der Waals surface area contributed by atoms with Crippen molar-refractivity contribution in [2.75, 3.05) is 20.2 Å². The number of aliphatic hydroxyl groups excluding tert-OH is 3. The van der Waals surface area contributed by atoms with Crippen LogP contribution in [0.2, 0.25) is 0 Å². The van der Waals surface area contributed by atoms with E-state index in [1.165, 1.54) is 25.7 Å². The van der Waals surface area contributed by atoms with Gasteiger partial charge in [-0.15, -0.1) is 0 Å². The zero-order valence-electron chi connectivity index (χ0n) is 18.9. The number of carbonyl (C=O) groups is 1. The summed E-state index contributed by atoms with van der Waals surface area (Å²) in [7, 11) is 1.00. The normalized spacial score (nSPS) is 25.8. The first-order valence-corrected chi connectivity index (χ1v) is 11.2. The van der Waals surface area contributed by atoms with Gasteiger partial charge in [0.1, 0.15) is 6.61 Å². The van der Waals surface area contributed by atoms with Gasteiger partial charge in [-0.2, -0.15) is 0 Å². The largest absolute Gasteiger partial charge is 0.445 e. The Bertz CT molecular complexity index is 558. The van der Waals surface area contributed by atoms with Crippen molar-refractivity contribution in [3.8, 4) is 0 Å². The SMILES string of the molecule is C.CC1CCCCCC1O.CC1CN(C(=O)OCc2ccccc2)CCCC1O.CO. The third kappa shape index (κ3) is 11.5. The molecule has 0 aromatic heterocycles. The molecular weight excluding hydrogens is 394 g/mol. The van der Waals surface area contributed by atoms with Gasteiger partial charge in [-0.3, -0.25) is 0 Å². The summed E-state index contributed by atoms with van der Waals surface area (Å²) in [4.78, 5) is 13.7. The predicted octanol–water partition coefficient (Wildman–Crippen LogP) is 4.61. The molecule has 1 saturated heterocycles. The number of hydrogen-bond donors (Lipinski definition) is 3. The van der Waals surface area contributed by atoms with Gasteiger partial charge in [-0.05, 0) is 43.1 Å². The van der Waals surface area contributed by atoms with E-state index in [4.69, 9.17) is 9.84 Å². The van der Waals surface area contributed by atoms with E-state index >= 15 is 0 Å². The van der Waals surface area contributed by atoms with Gasteiger partial charge >= 0.3 is 6.09 Å². The van der Waals surface area contributed by atoms with Crippen molar-refractivity contribution >= 4 is 6.09 Å². The van der Waals surface area contributed by atoms with E-state index in [9.17, 15) is 15.0 Å². The molecule has 1 saturated carbocycles. The number of rotatable bonds is 2. The first-order chi connectivity index (χ1) is 14.5. The number of likely N-dealkylation sites (tertiary alicyclic amines) is 1. The van der Waals surface area contributed by atoms with Crippen LogP contribution < -0.4 is 0 Å². The highest BCUT2D eigenvalue weighted by molar-refractivity contribution is 5.67. The van der Waals surface area contributed by atoms with Crippen LogP contribution in [0, 0.1) is 11.8 Å². The van der Waals surface area contributed by atoms with Crippen LogP contribution in [0.4, 0.5) is 4.79 Å². The van der Waals surface area contributed by atoms with E-state index in [0.717, 1.165) is 31.9 Å². The monoisotopic (exact) mass is 439 g/mol. The fourth-order valence-electron chi connectivity index (χ4n) is 3.79. The van der Waals surface area contributed by atoms with Gasteiger partial charge < -0.3 is 25.0 Å². The maximum absolute atomic E-state index is 12.0. The van der Waals surface area contributed by atoms with Crippen molar-refractivity contribution in [1.82, 2.24) is 4.90 Å².